The van der Waals surface area contributed by atoms with Crippen LogP contribution in [0.1, 0.15) is 29.5 Å². The Bertz CT molecular complexity index is 864. The van der Waals surface area contributed by atoms with Crippen LogP contribution in [-0.4, -0.2) is 43.0 Å². The molecule has 0 aromatic heterocycles. The second-order valence-electron chi connectivity index (χ2n) is 7.38. The van der Waals surface area contributed by atoms with Crippen LogP contribution in [0.4, 0.5) is 0 Å². The number of likely N-dealkylation sites (tertiary alicyclic amines) is 1. The van der Waals surface area contributed by atoms with Crippen molar-refractivity contribution in [2.24, 2.45) is 0 Å². The zero-order valence-corrected chi connectivity index (χ0v) is 17.2. The number of carbonyl (C=O) groups excluding carboxylic acids is 2. The van der Waals surface area contributed by atoms with Crippen molar-refractivity contribution in [3.05, 3.63) is 59.2 Å². The first kappa shape index (κ1) is 20.7. The Morgan fingerprint density at radius 2 is 1.93 bits per heavy atom. The van der Waals surface area contributed by atoms with Gasteiger partial charge in [0.25, 0.3) is 0 Å². The van der Waals surface area contributed by atoms with E-state index in [0.29, 0.717) is 19.5 Å². The fraction of sp³-hybridized carbons (Fsp3) is 0.391. The second kappa shape index (κ2) is 9.45. The molecular weight excluding hydrogens is 368 g/mol. The molecule has 0 bridgehead atoms. The van der Waals surface area contributed by atoms with E-state index in [2.05, 4.69) is 5.32 Å². The number of nitrogens with one attached hydrogen (secondary N) is 1. The lowest BCUT2D eigenvalue weighted by Crippen LogP contribution is -2.41. The van der Waals surface area contributed by atoms with Gasteiger partial charge in [-0.15, -0.1) is 0 Å². The SMILES string of the molecule is COc1ccc(CN2CCC(NC(=O)CCOc3ccc(C)cc3C)C2=O)cc1. The number of hydrogen-bond donors (Lipinski definition) is 1. The van der Waals surface area contributed by atoms with Crippen molar-refractivity contribution in [2.45, 2.75) is 39.3 Å². The number of rotatable bonds is 8. The minimum absolute atomic E-state index is 0.0375. The van der Waals surface area contributed by atoms with E-state index in [1.54, 1.807) is 12.0 Å². The highest BCUT2D eigenvalue weighted by atomic mass is 16.5. The maximum Gasteiger partial charge on any atom is 0.245 e. The molecule has 1 atom stereocenters. The molecule has 0 saturated carbocycles. The number of nitrogens with zero attached hydrogens (tertiary/aromatic N) is 1. The van der Waals surface area contributed by atoms with Crippen LogP contribution in [0, 0.1) is 13.8 Å². The summed E-state index contributed by atoms with van der Waals surface area (Å²) in [4.78, 5) is 26.6. The van der Waals surface area contributed by atoms with E-state index in [-0.39, 0.29) is 24.8 Å². The van der Waals surface area contributed by atoms with Crippen LogP contribution in [0.3, 0.4) is 0 Å². The molecule has 0 aliphatic carbocycles. The Hall–Kier alpha value is -3.02. The molecule has 1 saturated heterocycles. The van der Waals surface area contributed by atoms with E-state index in [1.165, 1.54) is 5.56 Å². The van der Waals surface area contributed by atoms with Gasteiger partial charge in [0.05, 0.1) is 20.1 Å². The molecule has 154 valence electrons. The summed E-state index contributed by atoms with van der Waals surface area (Å²) in [6.07, 6.45) is 0.841. The van der Waals surface area contributed by atoms with Crippen LogP contribution < -0.4 is 14.8 Å². The van der Waals surface area contributed by atoms with Crippen LogP contribution >= 0.6 is 0 Å². The monoisotopic (exact) mass is 396 g/mol. The molecule has 2 amide bonds. The first-order chi connectivity index (χ1) is 14.0. The maximum atomic E-state index is 12.6. The van der Waals surface area contributed by atoms with Gasteiger partial charge in [0.1, 0.15) is 17.5 Å². The highest BCUT2D eigenvalue weighted by molar-refractivity contribution is 5.89. The highest BCUT2D eigenvalue weighted by Crippen LogP contribution is 2.19. The van der Waals surface area contributed by atoms with E-state index in [4.69, 9.17) is 9.47 Å². The standard InChI is InChI=1S/C23H28N2O4/c1-16-4-9-21(17(2)14-16)29-13-11-22(26)24-20-10-12-25(23(20)27)15-18-5-7-19(28-3)8-6-18/h4-9,14,20H,10-13,15H2,1-3H3,(H,24,26). The van der Waals surface area contributed by atoms with Gasteiger partial charge in [0, 0.05) is 13.1 Å². The van der Waals surface area contributed by atoms with Crippen molar-refractivity contribution in [3.8, 4) is 11.5 Å². The summed E-state index contributed by atoms with van der Waals surface area (Å²) in [5, 5.41) is 2.84. The predicted molar refractivity (Wildman–Crippen MR) is 111 cm³/mol. The summed E-state index contributed by atoms with van der Waals surface area (Å²) in [6, 6.07) is 13.1. The first-order valence-electron chi connectivity index (χ1n) is 9.87. The summed E-state index contributed by atoms with van der Waals surface area (Å²) in [7, 11) is 1.62. The number of hydrogen-bond acceptors (Lipinski definition) is 4. The van der Waals surface area contributed by atoms with Gasteiger partial charge in [-0.3, -0.25) is 9.59 Å². The Balaban J connectivity index is 1.44. The lowest BCUT2D eigenvalue weighted by Gasteiger charge is -2.17. The fourth-order valence-corrected chi connectivity index (χ4v) is 3.46. The van der Waals surface area contributed by atoms with E-state index >= 15 is 0 Å². The molecule has 6 nitrogen and oxygen atoms in total. The van der Waals surface area contributed by atoms with Crippen molar-refractivity contribution in [1.29, 1.82) is 0 Å². The number of benzene rings is 2. The third kappa shape index (κ3) is 5.50. The molecule has 1 fully saturated rings. The first-order valence-corrected chi connectivity index (χ1v) is 9.87. The normalized spacial score (nSPS) is 16.0. The number of aryl methyl sites for hydroxylation is 2. The molecule has 2 aromatic rings. The molecule has 29 heavy (non-hydrogen) atoms. The summed E-state index contributed by atoms with van der Waals surface area (Å²) in [6.45, 7) is 5.46. The summed E-state index contributed by atoms with van der Waals surface area (Å²) >= 11 is 0. The summed E-state index contributed by atoms with van der Waals surface area (Å²) < 4.78 is 10.9. The molecule has 2 aromatic carbocycles. The van der Waals surface area contributed by atoms with Gasteiger partial charge in [0.2, 0.25) is 11.8 Å². The zero-order chi connectivity index (χ0) is 20.8. The molecular formula is C23H28N2O4. The molecule has 6 heteroatoms. The van der Waals surface area contributed by atoms with Crippen LogP contribution in [0.15, 0.2) is 42.5 Å². The minimum Gasteiger partial charge on any atom is -0.497 e. The highest BCUT2D eigenvalue weighted by Gasteiger charge is 2.32. The van der Waals surface area contributed by atoms with Crippen molar-refractivity contribution >= 4 is 11.8 Å². The van der Waals surface area contributed by atoms with Gasteiger partial charge in [-0.25, -0.2) is 0 Å². The van der Waals surface area contributed by atoms with Gasteiger partial charge < -0.3 is 19.7 Å². The van der Waals surface area contributed by atoms with Crippen molar-refractivity contribution in [1.82, 2.24) is 10.2 Å². The second-order valence-corrected chi connectivity index (χ2v) is 7.38. The van der Waals surface area contributed by atoms with E-state index < -0.39 is 6.04 Å². The molecule has 0 spiro atoms. The minimum atomic E-state index is -0.457. The number of ether oxygens (including phenoxy) is 2. The zero-order valence-electron chi connectivity index (χ0n) is 17.2. The topological polar surface area (TPSA) is 67.9 Å². The van der Waals surface area contributed by atoms with E-state index in [1.807, 2.05) is 56.3 Å². The summed E-state index contributed by atoms with van der Waals surface area (Å²) in [5.74, 6) is 1.37. The Morgan fingerprint density at radius 3 is 2.62 bits per heavy atom. The molecule has 1 N–H and O–H groups in total. The molecule has 1 heterocycles. The molecule has 0 radical (unpaired) electrons. The van der Waals surface area contributed by atoms with E-state index in [0.717, 1.165) is 22.6 Å². The third-order valence-corrected chi connectivity index (χ3v) is 5.08. The Morgan fingerprint density at radius 1 is 1.17 bits per heavy atom. The van der Waals surface area contributed by atoms with Crippen LogP contribution in [0.5, 0.6) is 11.5 Å². The Labute approximate surface area is 171 Å². The van der Waals surface area contributed by atoms with Gasteiger partial charge in [-0.1, -0.05) is 29.8 Å². The lowest BCUT2D eigenvalue weighted by molar-refractivity contribution is -0.133. The summed E-state index contributed by atoms with van der Waals surface area (Å²) in [5.41, 5.74) is 3.25. The molecule has 3 rings (SSSR count). The van der Waals surface area contributed by atoms with E-state index in [9.17, 15) is 9.59 Å². The third-order valence-electron chi connectivity index (χ3n) is 5.08. The number of amides is 2. The van der Waals surface area contributed by atoms with Gasteiger partial charge >= 0.3 is 0 Å². The Kier molecular flexibility index (Phi) is 6.75. The quantitative estimate of drug-likeness (QED) is 0.745. The van der Waals surface area contributed by atoms with Crippen molar-refractivity contribution in [3.63, 3.8) is 0 Å². The van der Waals surface area contributed by atoms with Crippen LogP contribution in [0.2, 0.25) is 0 Å². The lowest BCUT2D eigenvalue weighted by atomic mass is 10.1. The predicted octanol–water partition coefficient (Wildman–Crippen LogP) is 3.00. The molecule has 1 aliphatic heterocycles. The molecule has 1 unspecified atom stereocenters. The van der Waals surface area contributed by atoms with Gasteiger partial charge in [-0.2, -0.15) is 0 Å². The largest absolute Gasteiger partial charge is 0.497 e. The average Bonchev–Trinajstić information content (AvgIpc) is 3.03. The van der Waals surface area contributed by atoms with Gasteiger partial charge in [-0.05, 0) is 49.6 Å². The van der Waals surface area contributed by atoms with Crippen molar-refractivity contribution < 1.29 is 19.1 Å². The van der Waals surface area contributed by atoms with Crippen LogP contribution in [-0.2, 0) is 16.1 Å². The fourth-order valence-electron chi connectivity index (χ4n) is 3.46. The number of methoxy groups -OCH3 is 1. The molecule has 1 aliphatic rings. The van der Waals surface area contributed by atoms with Crippen molar-refractivity contribution in [2.75, 3.05) is 20.3 Å². The average molecular weight is 396 g/mol. The van der Waals surface area contributed by atoms with Crippen LogP contribution in [0.25, 0.3) is 0 Å². The maximum absolute atomic E-state index is 12.6. The number of carbonyl (C=O) groups is 2. The van der Waals surface area contributed by atoms with Gasteiger partial charge in [0.15, 0.2) is 0 Å². The smallest absolute Gasteiger partial charge is 0.245 e.